The number of halogens is 1. The van der Waals surface area contributed by atoms with Crippen LogP contribution in [0.15, 0.2) is 48.5 Å². The van der Waals surface area contributed by atoms with Crippen LogP contribution in [0.5, 0.6) is 11.5 Å². The van der Waals surface area contributed by atoms with E-state index in [0.717, 1.165) is 12.0 Å². The van der Waals surface area contributed by atoms with Crippen molar-refractivity contribution in [2.75, 3.05) is 13.7 Å². The van der Waals surface area contributed by atoms with Crippen molar-refractivity contribution in [2.24, 2.45) is 23.7 Å². The molecule has 0 N–H and O–H groups in total. The van der Waals surface area contributed by atoms with Gasteiger partial charge in [0.05, 0.1) is 30.2 Å². The number of hydrogen-bond donors (Lipinski definition) is 0. The first kappa shape index (κ1) is 23.5. The van der Waals surface area contributed by atoms with E-state index in [9.17, 15) is 19.2 Å². The molecule has 2 saturated carbocycles. The fraction of sp³-hybridized carbons (Fsp3) is 0.385. The van der Waals surface area contributed by atoms with Gasteiger partial charge < -0.3 is 18.9 Å². The highest BCUT2D eigenvalue weighted by Gasteiger charge is 2.68. The van der Waals surface area contributed by atoms with Gasteiger partial charge in [-0.2, -0.15) is 0 Å². The average Bonchev–Trinajstić information content (AvgIpc) is 3.47. The van der Waals surface area contributed by atoms with Crippen molar-refractivity contribution in [1.82, 2.24) is 0 Å². The van der Waals surface area contributed by atoms with E-state index in [4.69, 9.17) is 18.9 Å². The molecule has 0 amide bonds. The maximum atomic E-state index is 12.7. The quantitative estimate of drug-likeness (QED) is 0.217. The Bertz CT molecular complexity index is 1160. The first-order chi connectivity index (χ1) is 16.9. The lowest BCUT2D eigenvalue weighted by atomic mass is 9.80. The summed E-state index contributed by atoms with van der Waals surface area (Å²) < 4.78 is 21.1. The second-order valence-corrected chi connectivity index (χ2v) is 10.1. The van der Waals surface area contributed by atoms with Crippen molar-refractivity contribution in [3.63, 3.8) is 0 Å². The number of carbonyl (C=O) groups is 4. The van der Waals surface area contributed by atoms with Crippen molar-refractivity contribution in [2.45, 2.75) is 23.8 Å². The first-order valence-electron chi connectivity index (χ1n) is 11.3. The highest BCUT2D eigenvalue weighted by molar-refractivity contribution is 9.09. The molecule has 1 aliphatic heterocycles. The molecule has 9 heteroatoms. The Balaban J connectivity index is 1.13. The summed E-state index contributed by atoms with van der Waals surface area (Å²) in [6.45, 7) is -0.429. The Morgan fingerprint density at radius 3 is 2.37 bits per heavy atom. The maximum Gasteiger partial charge on any atom is 0.315 e. The van der Waals surface area contributed by atoms with Crippen LogP contribution in [0.3, 0.4) is 0 Å². The largest absolute Gasteiger partial charge is 0.497 e. The second kappa shape index (κ2) is 9.45. The van der Waals surface area contributed by atoms with Crippen LogP contribution in [0.2, 0.25) is 0 Å². The molecule has 0 unspecified atom stereocenters. The Morgan fingerprint density at radius 2 is 1.69 bits per heavy atom. The van der Waals surface area contributed by atoms with Gasteiger partial charge in [-0.3, -0.25) is 19.2 Å². The molecule has 0 aromatic heterocycles. The van der Waals surface area contributed by atoms with Gasteiger partial charge in [-0.15, -0.1) is 0 Å². The number of fused-ring (bicyclic) bond motifs is 1. The lowest BCUT2D eigenvalue weighted by molar-refractivity contribution is -0.154. The molecule has 35 heavy (non-hydrogen) atoms. The van der Waals surface area contributed by atoms with Crippen LogP contribution in [0, 0.1) is 23.7 Å². The van der Waals surface area contributed by atoms with Crippen LogP contribution < -0.4 is 9.47 Å². The van der Waals surface area contributed by atoms with Gasteiger partial charge in [0, 0.05) is 11.5 Å². The number of carbonyl (C=O) groups excluding carboxylic acids is 4. The van der Waals surface area contributed by atoms with E-state index < -0.39 is 30.4 Å². The molecular formula is C26H23BrO8. The monoisotopic (exact) mass is 542 g/mol. The number of ether oxygens (including phenoxy) is 4. The minimum absolute atomic E-state index is 0.0315. The zero-order valence-corrected chi connectivity index (χ0v) is 20.4. The maximum absolute atomic E-state index is 12.7. The molecule has 1 heterocycles. The third kappa shape index (κ3) is 4.45. The van der Waals surface area contributed by atoms with Crippen LogP contribution in [0.1, 0.15) is 22.3 Å². The lowest BCUT2D eigenvalue weighted by Crippen LogP contribution is -2.39. The van der Waals surface area contributed by atoms with E-state index in [0.29, 0.717) is 17.1 Å². The van der Waals surface area contributed by atoms with Crippen LogP contribution in [0.25, 0.3) is 0 Å². The molecule has 8 nitrogen and oxygen atoms in total. The van der Waals surface area contributed by atoms with Gasteiger partial charge in [0.1, 0.15) is 17.6 Å². The molecule has 5 rings (SSSR count). The highest BCUT2D eigenvalue weighted by Crippen LogP contribution is 2.60. The molecule has 3 aliphatic rings. The van der Waals surface area contributed by atoms with E-state index in [1.165, 1.54) is 24.3 Å². The number of methoxy groups -OCH3 is 1. The molecule has 2 bridgehead atoms. The van der Waals surface area contributed by atoms with Crippen molar-refractivity contribution < 1.29 is 38.1 Å². The summed E-state index contributed by atoms with van der Waals surface area (Å²) in [7, 11) is 1.57. The van der Waals surface area contributed by atoms with Crippen molar-refractivity contribution in [3.05, 3.63) is 59.7 Å². The van der Waals surface area contributed by atoms with E-state index in [2.05, 4.69) is 15.9 Å². The van der Waals surface area contributed by atoms with E-state index >= 15 is 0 Å². The van der Waals surface area contributed by atoms with Crippen LogP contribution >= 0.6 is 15.9 Å². The predicted octanol–water partition coefficient (Wildman–Crippen LogP) is 3.14. The molecule has 0 radical (unpaired) electrons. The fourth-order valence-electron chi connectivity index (χ4n) is 5.40. The lowest BCUT2D eigenvalue weighted by Gasteiger charge is -2.26. The number of ketones is 1. The Morgan fingerprint density at radius 1 is 1.00 bits per heavy atom. The molecule has 2 aromatic rings. The number of rotatable bonds is 8. The fourth-order valence-corrected chi connectivity index (χ4v) is 6.44. The second-order valence-electron chi connectivity index (χ2n) is 9.02. The van der Waals surface area contributed by atoms with Crippen LogP contribution in [-0.4, -0.2) is 48.3 Å². The number of alkyl halides is 1. The number of hydrogen-bond acceptors (Lipinski definition) is 8. The SMILES string of the molecule is COc1ccc(CC(=O)Oc2ccc(C(=O)COC(=O)[C@@H]3[C@H]4C[C@H]5[C@H](OC(=O)[C@@H]53)[C@@H]4Br)cc2)cc1. The Hall–Kier alpha value is -3.20. The summed E-state index contributed by atoms with van der Waals surface area (Å²) in [5, 5.41) is 0. The summed E-state index contributed by atoms with van der Waals surface area (Å²) in [6, 6.07) is 13.1. The van der Waals surface area contributed by atoms with Crippen LogP contribution in [0.4, 0.5) is 0 Å². The minimum Gasteiger partial charge on any atom is -0.497 e. The van der Waals surface area contributed by atoms with Gasteiger partial charge in [0.25, 0.3) is 0 Å². The number of esters is 3. The summed E-state index contributed by atoms with van der Waals surface area (Å²) >= 11 is 3.56. The van der Waals surface area contributed by atoms with Gasteiger partial charge in [0.15, 0.2) is 12.4 Å². The minimum atomic E-state index is -0.587. The summed E-state index contributed by atoms with van der Waals surface area (Å²) in [4.78, 5) is 49.6. The zero-order chi connectivity index (χ0) is 24.7. The smallest absolute Gasteiger partial charge is 0.315 e. The molecular weight excluding hydrogens is 520 g/mol. The first-order valence-corrected chi connectivity index (χ1v) is 12.3. The molecule has 3 fully saturated rings. The highest BCUT2D eigenvalue weighted by atomic mass is 79.9. The van der Waals surface area contributed by atoms with Gasteiger partial charge >= 0.3 is 17.9 Å². The predicted molar refractivity (Wildman–Crippen MR) is 125 cm³/mol. The Labute approximate surface area is 210 Å². The topological polar surface area (TPSA) is 105 Å². The average molecular weight is 543 g/mol. The molecule has 0 spiro atoms. The third-order valence-corrected chi connectivity index (χ3v) is 8.26. The molecule has 2 aliphatic carbocycles. The van der Waals surface area contributed by atoms with Gasteiger partial charge in [-0.05, 0) is 54.3 Å². The summed E-state index contributed by atoms with van der Waals surface area (Å²) in [6.07, 6.45) is 0.657. The van der Waals surface area contributed by atoms with Crippen LogP contribution in [-0.2, 0) is 30.3 Å². The van der Waals surface area contributed by atoms with E-state index in [1.807, 2.05) is 0 Å². The van der Waals surface area contributed by atoms with Crippen molar-refractivity contribution in [1.29, 1.82) is 0 Å². The molecule has 1 saturated heterocycles. The normalized spacial score (nSPS) is 27.9. The molecule has 182 valence electrons. The van der Waals surface area contributed by atoms with Gasteiger partial charge in [-0.25, -0.2) is 0 Å². The van der Waals surface area contributed by atoms with Crippen molar-refractivity contribution in [3.8, 4) is 11.5 Å². The standard InChI is InChI=1S/C26H23BrO8/c1-32-15-6-2-13(3-7-15)10-20(29)34-16-8-4-14(5-9-16)19(28)12-33-25(30)21-17-11-18-22(21)26(31)35-24(18)23(17)27/h2-9,17-18,21-24H,10-12H2,1H3/t17-,18-,21-,22+,23-,24+/m1/s1. The summed E-state index contributed by atoms with van der Waals surface area (Å²) in [5.74, 6) is -1.78. The van der Waals surface area contributed by atoms with E-state index in [1.54, 1.807) is 31.4 Å². The third-order valence-electron chi connectivity index (χ3n) is 7.06. The number of Topliss-reactive ketones (excluding diaryl/α,β-unsaturated/α-hetero) is 1. The Kier molecular flexibility index (Phi) is 6.35. The van der Waals surface area contributed by atoms with Gasteiger partial charge in [-0.1, -0.05) is 28.1 Å². The summed E-state index contributed by atoms with van der Waals surface area (Å²) in [5.41, 5.74) is 1.10. The molecule has 2 aromatic carbocycles. The molecule has 6 atom stereocenters. The number of benzene rings is 2. The van der Waals surface area contributed by atoms with E-state index in [-0.39, 0.29) is 40.9 Å². The van der Waals surface area contributed by atoms with Gasteiger partial charge in [0.2, 0.25) is 0 Å². The van der Waals surface area contributed by atoms with Crippen molar-refractivity contribution >= 4 is 39.6 Å². The zero-order valence-electron chi connectivity index (χ0n) is 18.8.